The molecule has 6 nitrogen and oxygen atoms in total. The minimum Gasteiger partial charge on any atom is -0.494 e. The van der Waals surface area contributed by atoms with E-state index in [0.717, 1.165) is 28.7 Å². The number of aryl methyl sites for hydroxylation is 2. The smallest absolute Gasteiger partial charge is 0.244 e. The Bertz CT molecular complexity index is 920. The van der Waals surface area contributed by atoms with E-state index in [1.54, 1.807) is 12.1 Å². The number of carbonyl (C=O) groups excluding carboxylic acids is 1. The first-order chi connectivity index (χ1) is 13.7. The number of rotatable bonds is 9. The molecule has 0 heterocycles. The van der Waals surface area contributed by atoms with E-state index in [-0.39, 0.29) is 5.91 Å². The number of hydrogen-bond donors (Lipinski definition) is 1. The van der Waals surface area contributed by atoms with Crippen molar-refractivity contribution in [3.05, 3.63) is 59.2 Å². The van der Waals surface area contributed by atoms with Crippen LogP contribution in [0.4, 0.5) is 5.69 Å². The fraction of sp³-hybridized carbons (Fsp3) is 0.409. The fourth-order valence-electron chi connectivity index (χ4n) is 3.32. The van der Waals surface area contributed by atoms with Crippen molar-refractivity contribution in [1.29, 1.82) is 0 Å². The molecule has 0 aromatic heterocycles. The maximum Gasteiger partial charge on any atom is 0.244 e. The molecule has 0 spiro atoms. The Morgan fingerprint density at radius 3 is 2.14 bits per heavy atom. The summed E-state index contributed by atoms with van der Waals surface area (Å²) in [7, 11) is -3.65. The highest BCUT2D eigenvalue weighted by molar-refractivity contribution is 7.92. The van der Waals surface area contributed by atoms with Crippen LogP contribution in [-0.2, 0) is 21.4 Å². The number of ether oxygens (including phenoxy) is 1. The summed E-state index contributed by atoms with van der Waals surface area (Å²) >= 11 is 0. The summed E-state index contributed by atoms with van der Waals surface area (Å²) in [6, 6.07) is 12.2. The van der Waals surface area contributed by atoms with Crippen LogP contribution in [0.2, 0.25) is 0 Å². The molecule has 1 unspecified atom stereocenters. The molecule has 1 amide bonds. The average Bonchev–Trinajstić information content (AvgIpc) is 2.63. The van der Waals surface area contributed by atoms with E-state index in [4.69, 9.17) is 4.74 Å². The summed E-state index contributed by atoms with van der Waals surface area (Å²) < 4.78 is 31.8. The maximum absolute atomic E-state index is 12.9. The standard InChI is InChI=1S/C22H30N2O4S/c1-6-21(22(25)23-15-18-8-10-20(11-9-18)28-7-2)24(29(5,26)27)19-13-16(3)12-17(4)14-19/h8-14,21H,6-7,15H2,1-5H3,(H,23,25). The zero-order valence-electron chi connectivity index (χ0n) is 17.7. The third-order valence-corrected chi connectivity index (χ3v) is 5.67. The highest BCUT2D eigenvalue weighted by atomic mass is 32.2. The van der Waals surface area contributed by atoms with Gasteiger partial charge in [-0.25, -0.2) is 8.42 Å². The number of benzene rings is 2. The second-order valence-corrected chi connectivity index (χ2v) is 8.98. The minimum absolute atomic E-state index is 0.312. The Labute approximate surface area is 173 Å². The third kappa shape index (κ3) is 6.22. The van der Waals surface area contributed by atoms with Gasteiger partial charge in [0.2, 0.25) is 15.9 Å². The van der Waals surface area contributed by atoms with Crippen molar-refractivity contribution in [1.82, 2.24) is 5.32 Å². The normalized spacial score (nSPS) is 12.3. The summed E-state index contributed by atoms with van der Waals surface area (Å²) in [6.45, 7) is 8.44. The quantitative estimate of drug-likeness (QED) is 0.676. The van der Waals surface area contributed by atoms with Gasteiger partial charge in [-0.1, -0.05) is 25.1 Å². The lowest BCUT2D eigenvalue weighted by Gasteiger charge is -2.30. The number of hydrogen-bond acceptors (Lipinski definition) is 4. The van der Waals surface area contributed by atoms with E-state index in [2.05, 4.69) is 5.32 Å². The molecule has 29 heavy (non-hydrogen) atoms. The Morgan fingerprint density at radius 1 is 1.07 bits per heavy atom. The van der Waals surface area contributed by atoms with Crippen LogP contribution < -0.4 is 14.4 Å². The van der Waals surface area contributed by atoms with Gasteiger partial charge in [0.15, 0.2) is 0 Å². The molecule has 2 rings (SSSR count). The molecular formula is C22H30N2O4S. The van der Waals surface area contributed by atoms with Crippen molar-refractivity contribution < 1.29 is 17.9 Å². The number of nitrogens with one attached hydrogen (secondary N) is 1. The van der Waals surface area contributed by atoms with E-state index >= 15 is 0 Å². The lowest BCUT2D eigenvalue weighted by Crippen LogP contribution is -2.49. The molecule has 1 atom stereocenters. The van der Waals surface area contributed by atoms with Gasteiger partial charge in [0.1, 0.15) is 11.8 Å². The van der Waals surface area contributed by atoms with E-state index in [1.165, 1.54) is 4.31 Å². The topological polar surface area (TPSA) is 75.7 Å². The molecule has 0 radical (unpaired) electrons. The molecule has 7 heteroatoms. The summed E-state index contributed by atoms with van der Waals surface area (Å²) in [5.41, 5.74) is 3.30. The zero-order valence-corrected chi connectivity index (χ0v) is 18.5. The molecule has 0 aliphatic heterocycles. The maximum atomic E-state index is 12.9. The van der Waals surface area contributed by atoms with Crippen molar-refractivity contribution in [3.63, 3.8) is 0 Å². The lowest BCUT2D eigenvalue weighted by atomic mass is 10.1. The van der Waals surface area contributed by atoms with Crippen LogP contribution in [0.1, 0.15) is 37.0 Å². The first kappa shape index (κ1) is 22.7. The van der Waals surface area contributed by atoms with Gasteiger partial charge >= 0.3 is 0 Å². The first-order valence-electron chi connectivity index (χ1n) is 9.72. The van der Waals surface area contributed by atoms with Crippen molar-refractivity contribution in [3.8, 4) is 5.75 Å². The van der Waals surface area contributed by atoms with Crippen molar-refractivity contribution in [2.75, 3.05) is 17.2 Å². The SMILES string of the molecule is CCOc1ccc(CNC(=O)C(CC)N(c2cc(C)cc(C)c2)S(C)(=O)=O)cc1. The summed E-state index contributed by atoms with van der Waals surface area (Å²) in [4.78, 5) is 12.9. The molecule has 2 aromatic carbocycles. The monoisotopic (exact) mass is 418 g/mol. The molecule has 0 bridgehead atoms. The molecule has 0 aliphatic rings. The molecule has 1 N–H and O–H groups in total. The Kier molecular flexibility index (Phi) is 7.67. The van der Waals surface area contributed by atoms with Crippen molar-refractivity contribution in [2.24, 2.45) is 0 Å². The Hall–Kier alpha value is -2.54. The molecule has 158 valence electrons. The molecule has 0 aliphatic carbocycles. The first-order valence-corrected chi connectivity index (χ1v) is 11.6. The Morgan fingerprint density at radius 2 is 1.66 bits per heavy atom. The van der Waals surface area contributed by atoms with Crippen LogP contribution in [0.5, 0.6) is 5.75 Å². The van der Waals surface area contributed by atoms with Crippen LogP contribution in [-0.4, -0.2) is 33.2 Å². The van der Waals surface area contributed by atoms with Gasteiger partial charge in [-0.3, -0.25) is 9.10 Å². The fourth-order valence-corrected chi connectivity index (χ4v) is 4.51. The lowest BCUT2D eigenvalue weighted by molar-refractivity contribution is -0.122. The molecular weight excluding hydrogens is 388 g/mol. The molecule has 0 saturated carbocycles. The van der Waals surface area contributed by atoms with Crippen LogP contribution >= 0.6 is 0 Å². The van der Waals surface area contributed by atoms with Crippen molar-refractivity contribution >= 4 is 21.6 Å². The second-order valence-electron chi connectivity index (χ2n) is 7.12. The van der Waals surface area contributed by atoms with E-state index < -0.39 is 16.1 Å². The van der Waals surface area contributed by atoms with E-state index in [9.17, 15) is 13.2 Å². The van der Waals surface area contributed by atoms with Gasteiger partial charge in [-0.2, -0.15) is 0 Å². The van der Waals surface area contributed by atoms with Gasteiger partial charge in [0.25, 0.3) is 0 Å². The number of nitrogens with zero attached hydrogens (tertiary/aromatic N) is 1. The molecule has 0 saturated heterocycles. The molecule has 0 fully saturated rings. The third-order valence-electron chi connectivity index (χ3n) is 4.49. The van der Waals surface area contributed by atoms with Gasteiger partial charge in [0.05, 0.1) is 18.6 Å². The van der Waals surface area contributed by atoms with Crippen LogP contribution in [0.15, 0.2) is 42.5 Å². The number of carbonyl (C=O) groups is 1. The van der Waals surface area contributed by atoms with Crippen LogP contribution in [0.25, 0.3) is 0 Å². The van der Waals surface area contributed by atoms with E-state index in [1.807, 2.05) is 58.0 Å². The Balaban J connectivity index is 2.22. The summed E-state index contributed by atoms with van der Waals surface area (Å²) in [6.07, 6.45) is 1.49. The minimum atomic E-state index is -3.65. The zero-order chi connectivity index (χ0) is 21.6. The predicted octanol–water partition coefficient (Wildman–Crippen LogP) is 3.56. The van der Waals surface area contributed by atoms with Crippen LogP contribution in [0.3, 0.4) is 0 Å². The summed E-state index contributed by atoms with van der Waals surface area (Å²) in [5.74, 6) is 0.443. The van der Waals surface area contributed by atoms with Gasteiger partial charge in [0, 0.05) is 6.54 Å². The largest absolute Gasteiger partial charge is 0.494 e. The highest BCUT2D eigenvalue weighted by Gasteiger charge is 2.31. The number of anilines is 1. The van der Waals surface area contributed by atoms with Gasteiger partial charge in [-0.15, -0.1) is 0 Å². The van der Waals surface area contributed by atoms with Crippen LogP contribution in [0, 0.1) is 13.8 Å². The highest BCUT2D eigenvalue weighted by Crippen LogP contribution is 2.25. The van der Waals surface area contributed by atoms with Gasteiger partial charge in [-0.05, 0) is 68.1 Å². The molecule has 2 aromatic rings. The second kappa shape index (κ2) is 9.78. The van der Waals surface area contributed by atoms with Gasteiger partial charge < -0.3 is 10.1 Å². The summed E-state index contributed by atoms with van der Waals surface area (Å²) in [5, 5.41) is 2.87. The average molecular weight is 419 g/mol. The number of sulfonamides is 1. The van der Waals surface area contributed by atoms with Crippen molar-refractivity contribution in [2.45, 2.75) is 46.7 Å². The number of amides is 1. The predicted molar refractivity (Wildman–Crippen MR) is 117 cm³/mol. The van der Waals surface area contributed by atoms with E-state index in [0.29, 0.717) is 25.3 Å².